The van der Waals surface area contributed by atoms with Gasteiger partial charge in [-0.1, -0.05) is 59.7 Å². The Morgan fingerprint density at radius 2 is 1.35 bits per heavy atom. The second kappa shape index (κ2) is 13.3. The zero-order valence-corrected chi connectivity index (χ0v) is 28.5. The number of rotatable bonds is 11. The van der Waals surface area contributed by atoms with E-state index in [1.54, 1.807) is 9.80 Å². The normalized spacial score (nSPS) is 18.3. The van der Waals surface area contributed by atoms with Gasteiger partial charge in [-0.05, 0) is 103 Å². The molecule has 2 saturated heterocycles. The van der Waals surface area contributed by atoms with Crippen molar-refractivity contribution >= 4 is 23.6 Å². The van der Waals surface area contributed by atoms with Crippen LogP contribution in [-0.4, -0.2) is 49.2 Å². The number of phenolic OH excluding ortho intramolecular Hbond substituents is 1. The summed E-state index contributed by atoms with van der Waals surface area (Å²) in [6, 6.07) is 14.1. The maximum atomic E-state index is 13.1. The first-order valence-electron chi connectivity index (χ1n) is 16.6. The SMILES string of the molecule is CCc1cc(C(C)(C)c2cc(CC)c(OCC3CN(c4cccc(N5CC(C)OC5=O)c4C)C(=O)O3)cc2CC)c(CC)cc1O. The van der Waals surface area contributed by atoms with Crippen LogP contribution in [0.15, 0.2) is 42.5 Å². The highest BCUT2D eigenvalue weighted by Crippen LogP contribution is 2.41. The fourth-order valence-electron chi connectivity index (χ4n) is 6.92. The van der Waals surface area contributed by atoms with Crippen LogP contribution in [0.1, 0.15) is 87.4 Å². The van der Waals surface area contributed by atoms with Crippen LogP contribution in [0, 0.1) is 6.92 Å². The molecule has 8 heteroatoms. The van der Waals surface area contributed by atoms with Crippen LogP contribution in [0.25, 0.3) is 0 Å². The summed E-state index contributed by atoms with van der Waals surface area (Å²) in [4.78, 5) is 28.7. The molecule has 2 unspecified atom stereocenters. The molecular formula is C38H48N2O6. The van der Waals surface area contributed by atoms with E-state index < -0.39 is 12.2 Å². The molecular weight excluding hydrogens is 580 g/mol. The summed E-state index contributed by atoms with van der Waals surface area (Å²) in [6.07, 6.45) is 1.79. The Balaban J connectivity index is 1.37. The van der Waals surface area contributed by atoms with Gasteiger partial charge in [-0.2, -0.15) is 0 Å². The van der Waals surface area contributed by atoms with E-state index >= 15 is 0 Å². The standard InChI is InChI=1S/C38H48N2O6/c1-9-25-18-34(41)27(11-3)16-30(25)38(7,8)31-17-28(12-4)35(19-26(31)10-2)44-22-29-21-40(37(43)46-29)33-15-13-14-32(24(33)6)39-20-23(5)45-36(39)42/h13-19,23,29,41H,9-12,20-22H2,1-8H3. The highest BCUT2D eigenvalue weighted by Gasteiger charge is 2.36. The number of hydrogen-bond donors (Lipinski definition) is 1. The van der Waals surface area contributed by atoms with Gasteiger partial charge in [0.2, 0.25) is 0 Å². The van der Waals surface area contributed by atoms with Crippen LogP contribution in [-0.2, 0) is 40.6 Å². The largest absolute Gasteiger partial charge is 0.508 e. The van der Waals surface area contributed by atoms with Crippen molar-refractivity contribution in [3.05, 3.63) is 81.4 Å². The Morgan fingerprint density at radius 3 is 1.91 bits per heavy atom. The molecule has 0 aliphatic carbocycles. The van der Waals surface area contributed by atoms with Crippen LogP contribution in [0.5, 0.6) is 11.5 Å². The molecule has 3 aromatic carbocycles. The maximum Gasteiger partial charge on any atom is 0.414 e. The predicted molar refractivity (Wildman–Crippen MR) is 182 cm³/mol. The zero-order valence-electron chi connectivity index (χ0n) is 28.5. The van der Waals surface area contributed by atoms with E-state index in [0.29, 0.717) is 24.5 Å². The first kappa shape index (κ1) is 33.2. The molecule has 0 spiro atoms. The number of amides is 2. The highest BCUT2D eigenvalue weighted by atomic mass is 16.6. The van der Waals surface area contributed by atoms with Gasteiger partial charge in [-0.25, -0.2) is 9.59 Å². The van der Waals surface area contributed by atoms with Crippen molar-refractivity contribution in [2.45, 2.75) is 98.7 Å². The van der Waals surface area contributed by atoms with E-state index in [-0.39, 0.29) is 24.2 Å². The lowest BCUT2D eigenvalue weighted by Gasteiger charge is -2.32. The maximum absolute atomic E-state index is 13.1. The number of carbonyl (C=O) groups is 2. The molecule has 2 aliphatic heterocycles. The summed E-state index contributed by atoms with van der Waals surface area (Å²) in [5.74, 6) is 1.18. The number of cyclic esters (lactones) is 2. The third kappa shape index (κ3) is 6.14. The molecule has 8 nitrogen and oxygen atoms in total. The van der Waals surface area contributed by atoms with Crippen molar-refractivity contribution in [2.24, 2.45) is 0 Å². The highest BCUT2D eigenvalue weighted by molar-refractivity contribution is 5.95. The average molecular weight is 629 g/mol. The third-order valence-electron chi connectivity index (χ3n) is 9.58. The Kier molecular flexibility index (Phi) is 9.57. The van der Waals surface area contributed by atoms with Gasteiger partial charge in [0.25, 0.3) is 0 Å². The summed E-state index contributed by atoms with van der Waals surface area (Å²) in [5, 5.41) is 10.6. The van der Waals surface area contributed by atoms with E-state index in [4.69, 9.17) is 14.2 Å². The summed E-state index contributed by atoms with van der Waals surface area (Å²) >= 11 is 0. The van der Waals surface area contributed by atoms with Gasteiger partial charge in [-0.3, -0.25) is 9.80 Å². The van der Waals surface area contributed by atoms with Crippen LogP contribution in [0.2, 0.25) is 0 Å². The Hall–Kier alpha value is -4.20. The quantitative estimate of drug-likeness (QED) is 0.231. The first-order valence-corrected chi connectivity index (χ1v) is 16.6. The molecule has 2 atom stereocenters. The minimum absolute atomic E-state index is 0.189. The van der Waals surface area contributed by atoms with Gasteiger partial charge >= 0.3 is 12.2 Å². The molecule has 2 heterocycles. The number of phenols is 1. The number of ether oxygens (including phenoxy) is 3. The molecule has 0 radical (unpaired) electrons. The number of anilines is 2. The fourth-order valence-corrected chi connectivity index (χ4v) is 6.92. The summed E-state index contributed by atoms with van der Waals surface area (Å²) in [7, 11) is 0. The molecule has 0 bridgehead atoms. The van der Waals surface area contributed by atoms with Crippen LogP contribution in [0.4, 0.5) is 21.0 Å². The van der Waals surface area contributed by atoms with E-state index in [9.17, 15) is 14.7 Å². The van der Waals surface area contributed by atoms with E-state index in [1.807, 2.05) is 38.1 Å². The molecule has 1 N–H and O–H groups in total. The van der Waals surface area contributed by atoms with Crippen molar-refractivity contribution in [3.8, 4) is 11.5 Å². The lowest BCUT2D eigenvalue weighted by atomic mass is 9.72. The van der Waals surface area contributed by atoms with Gasteiger partial charge in [0, 0.05) is 5.41 Å². The molecule has 0 aromatic heterocycles. The average Bonchev–Trinajstić information content (AvgIpc) is 3.58. The smallest absolute Gasteiger partial charge is 0.414 e. The summed E-state index contributed by atoms with van der Waals surface area (Å²) in [5.41, 5.74) is 8.89. The van der Waals surface area contributed by atoms with Crippen molar-refractivity contribution in [2.75, 3.05) is 29.5 Å². The van der Waals surface area contributed by atoms with Crippen molar-refractivity contribution in [1.29, 1.82) is 0 Å². The Morgan fingerprint density at radius 1 is 0.804 bits per heavy atom. The number of hydrogen-bond acceptors (Lipinski definition) is 6. The number of aromatic hydroxyl groups is 1. The fraction of sp³-hybridized carbons (Fsp3) is 0.474. The monoisotopic (exact) mass is 628 g/mol. The Bertz CT molecular complexity index is 1630. The topological polar surface area (TPSA) is 88.5 Å². The van der Waals surface area contributed by atoms with Crippen LogP contribution < -0.4 is 14.5 Å². The lowest BCUT2D eigenvalue weighted by molar-refractivity contribution is 0.104. The first-order chi connectivity index (χ1) is 21.9. The molecule has 2 amide bonds. The van der Waals surface area contributed by atoms with Crippen LogP contribution >= 0.6 is 0 Å². The molecule has 2 aliphatic rings. The third-order valence-corrected chi connectivity index (χ3v) is 9.58. The van der Waals surface area contributed by atoms with E-state index in [0.717, 1.165) is 59.4 Å². The molecule has 0 saturated carbocycles. The van der Waals surface area contributed by atoms with Gasteiger partial charge in [0.15, 0.2) is 6.10 Å². The minimum Gasteiger partial charge on any atom is -0.508 e. The van der Waals surface area contributed by atoms with Crippen molar-refractivity contribution in [1.82, 2.24) is 0 Å². The lowest BCUT2D eigenvalue weighted by Crippen LogP contribution is -2.29. The molecule has 46 heavy (non-hydrogen) atoms. The van der Waals surface area contributed by atoms with Crippen molar-refractivity contribution < 1.29 is 28.9 Å². The number of benzene rings is 3. The van der Waals surface area contributed by atoms with Gasteiger partial charge in [-0.15, -0.1) is 0 Å². The summed E-state index contributed by atoms with van der Waals surface area (Å²) < 4.78 is 17.5. The zero-order chi connectivity index (χ0) is 33.3. The number of aryl methyl sites for hydroxylation is 4. The number of carbonyl (C=O) groups excluding carboxylic acids is 2. The van der Waals surface area contributed by atoms with Gasteiger partial charge in [0.1, 0.15) is 24.2 Å². The second-order valence-electron chi connectivity index (χ2n) is 12.9. The molecule has 5 rings (SSSR count). The van der Waals surface area contributed by atoms with E-state index in [2.05, 4.69) is 59.7 Å². The Labute approximate surface area is 273 Å². The summed E-state index contributed by atoms with van der Waals surface area (Å²) in [6.45, 7) is 17.8. The van der Waals surface area contributed by atoms with Crippen LogP contribution in [0.3, 0.4) is 0 Å². The molecule has 246 valence electrons. The second-order valence-corrected chi connectivity index (χ2v) is 12.9. The van der Waals surface area contributed by atoms with E-state index in [1.165, 1.54) is 16.7 Å². The predicted octanol–water partition coefficient (Wildman–Crippen LogP) is 8.03. The molecule has 2 fully saturated rings. The van der Waals surface area contributed by atoms with Gasteiger partial charge in [0.05, 0.1) is 24.5 Å². The molecule has 3 aromatic rings. The number of nitrogens with zero attached hydrogens (tertiary/aromatic N) is 2. The van der Waals surface area contributed by atoms with Crippen molar-refractivity contribution in [3.63, 3.8) is 0 Å². The minimum atomic E-state index is -0.449. The van der Waals surface area contributed by atoms with Gasteiger partial charge < -0.3 is 19.3 Å².